The number of β-lactam (4-membered cyclic amide) rings is 1. The Morgan fingerprint density at radius 2 is 2.20 bits per heavy atom. The van der Waals surface area contributed by atoms with E-state index in [1.807, 2.05) is 20.8 Å². The van der Waals surface area contributed by atoms with Gasteiger partial charge in [-0.1, -0.05) is 0 Å². The molecule has 2 saturated heterocycles. The predicted molar refractivity (Wildman–Crippen MR) is 53.3 cm³/mol. The number of carbonyl (C=O) groups excluding carboxylic acids is 2. The summed E-state index contributed by atoms with van der Waals surface area (Å²) < 4.78 is 5.23. The number of nitrogens with one attached hydrogen (secondary N) is 1. The fourth-order valence-electron chi connectivity index (χ4n) is 1.86. The molecule has 0 saturated carbocycles. The predicted octanol–water partition coefficient (Wildman–Crippen LogP) is 0.496. The zero-order valence-electron chi connectivity index (χ0n) is 9.29. The molecule has 5 nitrogen and oxygen atoms in total. The van der Waals surface area contributed by atoms with E-state index in [1.165, 1.54) is 4.90 Å². The van der Waals surface area contributed by atoms with E-state index < -0.39 is 11.1 Å². The monoisotopic (exact) mass is 212 g/mol. The average molecular weight is 212 g/mol. The fraction of sp³-hybridized carbons (Fsp3) is 0.800. The van der Waals surface area contributed by atoms with E-state index in [4.69, 9.17) is 4.74 Å². The van der Waals surface area contributed by atoms with Crippen LogP contribution in [0.15, 0.2) is 0 Å². The van der Waals surface area contributed by atoms with Gasteiger partial charge in [0.2, 0.25) is 5.91 Å². The van der Waals surface area contributed by atoms with Crippen LogP contribution < -0.4 is 5.32 Å². The van der Waals surface area contributed by atoms with Crippen molar-refractivity contribution < 1.29 is 14.3 Å². The molecule has 2 aliphatic heterocycles. The minimum atomic E-state index is -0.581. The van der Waals surface area contributed by atoms with Crippen LogP contribution in [0.3, 0.4) is 0 Å². The number of hydrogen-bond donors (Lipinski definition) is 1. The minimum absolute atomic E-state index is 0.0559. The van der Waals surface area contributed by atoms with Gasteiger partial charge in [-0.3, -0.25) is 9.69 Å². The standard InChI is InChI=1S/C10H16N2O3/c1-9(2,3)15-8(14)12-5-4-10(12)6-11-7(10)13/h4-6H2,1-3H3,(H,11,13). The lowest BCUT2D eigenvalue weighted by Gasteiger charge is -2.55. The van der Waals surface area contributed by atoms with Crippen LogP contribution in [-0.2, 0) is 9.53 Å². The average Bonchev–Trinajstić information content (AvgIpc) is 1.95. The summed E-state index contributed by atoms with van der Waals surface area (Å²) in [6.45, 7) is 6.63. The van der Waals surface area contributed by atoms with Gasteiger partial charge in [-0.05, 0) is 27.2 Å². The Morgan fingerprint density at radius 1 is 1.53 bits per heavy atom. The molecule has 0 aliphatic carbocycles. The maximum absolute atomic E-state index is 11.7. The number of rotatable bonds is 0. The highest BCUT2D eigenvalue weighted by molar-refractivity contribution is 5.97. The van der Waals surface area contributed by atoms with Gasteiger partial charge in [0.15, 0.2) is 0 Å². The number of likely N-dealkylation sites (tertiary alicyclic amines) is 1. The molecule has 84 valence electrons. The summed E-state index contributed by atoms with van der Waals surface area (Å²) in [6.07, 6.45) is 0.363. The number of ether oxygens (including phenoxy) is 1. The Labute approximate surface area is 88.8 Å². The second kappa shape index (κ2) is 2.87. The Morgan fingerprint density at radius 3 is 2.47 bits per heavy atom. The van der Waals surface area contributed by atoms with Crippen molar-refractivity contribution in [2.75, 3.05) is 13.1 Å². The Bertz CT molecular complexity index is 317. The largest absolute Gasteiger partial charge is 0.444 e. The summed E-state index contributed by atoms with van der Waals surface area (Å²) in [5, 5.41) is 2.66. The first kappa shape index (κ1) is 10.3. The third-order valence-electron chi connectivity index (χ3n) is 2.84. The van der Waals surface area contributed by atoms with Gasteiger partial charge in [-0.15, -0.1) is 0 Å². The molecule has 5 heteroatoms. The normalized spacial score (nSPS) is 29.3. The van der Waals surface area contributed by atoms with Crippen molar-refractivity contribution in [3.8, 4) is 0 Å². The van der Waals surface area contributed by atoms with Crippen LogP contribution in [0.5, 0.6) is 0 Å². The zero-order chi connectivity index (χ0) is 11.3. The minimum Gasteiger partial charge on any atom is -0.444 e. The van der Waals surface area contributed by atoms with Gasteiger partial charge in [-0.25, -0.2) is 4.79 Å². The molecule has 2 fully saturated rings. The van der Waals surface area contributed by atoms with Crippen LogP contribution >= 0.6 is 0 Å². The van der Waals surface area contributed by atoms with Gasteiger partial charge in [-0.2, -0.15) is 0 Å². The summed E-state index contributed by atoms with van der Waals surface area (Å²) in [5.74, 6) is -0.0559. The van der Waals surface area contributed by atoms with Gasteiger partial charge >= 0.3 is 6.09 Å². The van der Waals surface area contributed by atoms with Crippen LogP contribution in [0.2, 0.25) is 0 Å². The van der Waals surface area contributed by atoms with Crippen molar-refractivity contribution in [3.63, 3.8) is 0 Å². The molecule has 1 atom stereocenters. The highest BCUT2D eigenvalue weighted by Crippen LogP contribution is 2.36. The lowest BCUT2D eigenvalue weighted by molar-refractivity contribution is -0.154. The third kappa shape index (κ3) is 1.46. The molecular weight excluding hydrogens is 196 g/mol. The summed E-state index contributed by atoms with van der Waals surface area (Å²) in [6, 6.07) is 0. The van der Waals surface area contributed by atoms with E-state index in [9.17, 15) is 9.59 Å². The fourth-order valence-corrected chi connectivity index (χ4v) is 1.86. The molecule has 0 radical (unpaired) electrons. The van der Waals surface area contributed by atoms with Gasteiger partial charge in [0, 0.05) is 6.54 Å². The molecule has 0 aromatic rings. The molecule has 2 amide bonds. The molecule has 1 unspecified atom stereocenters. The number of hydrogen-bond acceptors (Lipinski definition) is 3. The summed E-state index contributed by atoms with van der Waals surface area (Å²) in [4.78, 5) is 24.6. The van der Waals surface area contributed by atoms with Crippen molar-refractivity contribution in [2.24, 2.45) is 0 Å². The van der Waals surface area contributed by atoms with Crippen molar-refractivity contribution in [3.05, 3.63) is 0 Å². The third-order valence-corrected chi connectivity index (χ3v) is 2.84. The highest BCUT2D eigenvalue weighted by Gasteiger charge is 2.59. The first-order chi connectivity index (χ1) is 6.85. The van der Waals surface area contributed by atoms with Crippen molar-refractivity contribution in [1.82, 2.24) is 10.2 Å². The first-order valence-corrected chi connectivity index (χ1v) is 5.14. The van der Waals surface area contributed by atoms with Crippen LogP contribution in [0.1, 0.15) is 27.2 Å². The van der Waals surface area contributed by atoms with Crippen LogP contribution in [-0.4, -0.2) is 41.1 Å². The Kier molecular flexibility index (Phi) is 1.96. The molecule has 1 N–H and O–H groups in total. The second-order valence-corrected chi connectivity index (χ2v) is 5.10. The number of amides is 2. The highest BCUT2D eigenvalue weighted by atomic mass is 16.6. The lowest BCUT2D eigenvalue weighted by Crippen LogP contribution is -2.80. The maximum atomic E-state index is 11.7. The van der Waals surface area contributed by atoms with Crippen molar-refractivity contribution in [2.45, 2.75) is 38.3 Å². The van der Waals surface area contributed by atoms with E-state index in [0.29, 0.717) is 13.1 Å². The molecule has 2 aliphatic rings. The molecule has 15 heavy (non-hydrogen) atoms. The molecule has 0 bridgehead atoms. The van der Waals surface area contributed by atoms with Crippen LogP contribution in [0, 0.1) is 0 Å². The number of nitrogens with zero attached hydrogens (tertiary/aromatic N) is 1. The van der Waals surface area contributed by atoms with Gasteiger partial charge < -0.3 is 10.1 Å². The summed E-state index contributed by atoms with van der Waals surface area (Å²) in [7, 11) is 0. The molecule has 0 aromatic heterocycles. The van der Waals surface area contributed by atoms with Crippen molar-refractivity contribution >= 4 is 12.0 Å². The van der Waals surface area contributed by atoms with E-state index in [0.717, 1.165) is 6.42 Å². The van der Waals surface area contributed by atoms with E-state index in [1.54, 1.807) is 0 Å². The zero-order valence-corrected chi connectivity index (χ0v) is 9.29. The number of carbonyl (C=O) groups is 2. The SMILES string of the molecule is CC(C)(C)OC(=O)N1CCC12CNC2=O. The smallest absolute Gasteiger partial charge is 0.411 e. The van der Waals surface area contributed by atoms with Crippen molar-refractivity contribution in [1.29, 1.82) is 0 Å². The molecule has 0 aromatic carbocycles. The van der Waals surface area contributed by atoms with E-state index in [-0.39, 0.29) is 12.0 Å². The van der Waals surface area contributed by atoms with E-state index in [2.05, 4.69) is 5.32 Å². The topological polar surface area (TPSA) is 58.6 Å². The van der Waals surface area contributed by atoms with Gasteiger partial charge in [0.05, 0.1) is 6.54 Å². The lowest BCUT2D eigenvalue weighted by atomic mass is 9.78. The summed E-state index contributed by atoms with van der Waals surface area (Å²) in [5.41, 5.74) is -1.09. The molecule has 1 spiro atoms. The van der Waals surface area contributed by atoms with Gasteiger partial charge in [0.1, 0.15) is 11.1 Å². The Balaban J connectivity index is 2.01. The van der Waals surface area contributed by atoms with E-state index >= 15 is 0 Å². The van der Waals surface area contributed by atoms with Crippen LogP contribution in [0.25, 0.3) is 0 Å². The molecule has 2 heterocycles. The molecular formula is C10H16N2O3. The Hall–Kier alpha value is -1.26. The molecule has 2 rings (SSSR count). The summed E-state index contributed by atoms with van der Waals surface area (Å²) >= 11 is 0. The van der Waals surface area contributed by atoms with Gasteiger partial charge in [0.25, 0.3) is 0 Å². The second-order valence-electron chi connectivity index (χ2n) is 5.10. The maximum Gasteiger partial charge on any atom is 0.411 e. The van der Waals surface area contributed by atoms with Crippen LogP contribution in [0.4, 0.5) is 4.79 Å². The first-order valence-electron chi connectivity index (χ1n) is 5.14. The quantitative estimate of drug-likeness (QED) is 0.595.